The number of methoxy groups -OCH3 is 1. The van der Waals surface area contributed by atoms with Gasteiger partial charge in [-0.2, -0.15) is 0 Å². The molecule has 2 rings (SSSR count). The largest absolute Gasteiger partial charge is 0.497 e. The Morgan fingerprint density at radius 3 is 2.55 bits per heavy atom. The van der Waals surface area contributed by atoms with Crippen molar-refractivity contribution in [2.45, 2.75) is 11.4 Å². The van der Waals surface area contributed by atoms with E-state index in [1.54, 1.807) is 25.3 Å². The van der Waals surface area contributed by atoms with Gasteiger partial charge in [0.05, 0.1) is 12.0 Å². The fraction of sp³-hybridized carbons (Fsp3) is 0.200. The number of anilines is 1. The third kappa shape index (κ3) is 3.74. The first-order valence-corrected chi connectivity index (χ1v) is 8.05. The number of sulfone groups is 1. The van der Waals surface area contributed by atoms with Gasteiger partial charge in [0.25, 0.3) is 0 Å². The molecule has 0 saturated carbocycles. The van der Waals surface area contributed by atoms with Crippen LogP contribution in [0, 0.1) is 0 Å². The third-order valence-electron chi connectivity index (χ3n) is 2.89. The summed E-state index contributed by atoms with van der Waals surface area (Å²) in [6.45, 7) is 0.602. The number of ether oxygens (including phenoxy) is 1. The number of nitrogens with one attached hydrogen (secondary N) is 1. The maximum Gasteiger partial charge on any atom is 0.175 e. The molecule has 20 heavy (non-hydrogen) atoms. The van der Waals surface area contributed by atoms with Crippen LogP contribution in [0.15, 0.2) is 53.4 Å². The van der Waals surface area contributed by atoms with Crippen LogP contribution in [0.2, 0.25) is 0 Å². The summed E-state index contributed by atoms with van der Waals surface area (Å²) in [5.41, 5.74) is 1.84. The number of rotatable bonds is 5. The molecule has 2 aromatic carbocycles. The molecule has 2 aromatic rings. The van der Waals surface area contributed by atoms with Gasteiger partial charge in [-0.15, -0.1) is 0 Å². The molecule has 106 valence electrons. The lowest BCUT2D eigenvalue weighted by Crippen LogP contribution is -2.02. The maximum atomic E-state index is 11.5. The van der Waals surface area contributed by atoms with Crippen LogP contribution < -0.4 is 10.1 Å². The SMILES string of the molecule is COc1cccc(CNc2cccc(S(C)(=O)=O)c2)c1. The minimum atomic E-state index is -3.18. The molecule has 4 nitrogen and oxygen atoms in total. The summed E-state index contributed by atoms with van der Waals surface area (Å²) >= 11 is 0. The van der Waals surface area contributed by atoms with Gasteiger partial charge < -0.3 is 10.1 Å². The monoisotopic (exact) mass is 291 g/mol. The van der Waals surface area contributed by atoms with Crippen LogP contribution in [-0.2, 0) is 16.4 Å². The van der Waals surface area contributed by atoms with E-state index < -0.39 is 9.84 Å². The van der Waals surface area contributed by atoms with Crippen molar-refractivity contribution < 1.29 is 13.2 Å². The Balaban J connectivity index is 2.11. The molecule has 0 saturated heterocycles. The van der Waals surface area contributed by atoms with E-state index in [0.29, 0.717) is 11.4 Å². The number of benzene rings is 2. The molecule has 0 unspecified atom stereocenters. The summed E-state index contributed by atoms with van der Waals surface area (Å²) in [6, 6.07) is 14.5. The third-order valence-corrected chi connectivity index (χ3v) is 4.00. The van der Waals surface area contributed by atoms with Crippen LogP contribution >= 0.6 is 0 Å². The standard InChI is InChI=1S/C15H17NO3S/c1-19-14-7-3-5-12(9-14)11-16-13-6-4-8-15(10-13)20(2,17)18/h3-10,16H,11H2,1-2H3. The van der Waals surface area contributed by atoms with Gasteiger partial charge in [0, 0.05) is 18.5 Å². The first-order valence-electron chi connectivity index (χ1n) is 6.16. The Labute approximate surface area is 119 Å². The number of hydrogen-bond donors (Lipinski definition) is 1. The van der Waals surface area contributed by atoms with E-state index >= 15 is 0 Å². The van der Waals surface area contributed by atoms with Crippen molar-refractivity contribution in [3.8, 4) is 5.75 Å². The molecule has 0 radical (unpaired) electrons. The summed E-state index contributed by atoms with van der Waals surface area (Å²) < 4.78 is 28.2. The van der Waals surface area contributed by atoms with Crippen molar-refractivity contribution in [3.63, 3.8) is 0 Å². The lowest BCUT2D eigenvalue weighted by Gasteiger charge is -2.09. The minimum Gasteiger partial charge on any atom is -0.497 e. The Bertz CT molecular complexity index is 696. The van der Waals surface area contributed by atoms with Crippen LogP contribution in [0.3, 0.4) is 0 Å². The maximum absolute atomic E-state index is 11.5. The van der Waals surface area contributed by atoms with Crippen molar-refractivity contribution in [3.05, 3.63) is 54.1 Å². The molecule has 0 bridgehead atoms. The second kappa shape index (κ2) is 5.96. The Kier molecular flexibility index (Phi) is 4.29. The molecular weight excluding hydrogens is 274 g/mol. The second-order valence-electron chi connectivity index (χ2n) is 4.51. The van der Waals surface area contributed by atoms with Crippen LogP contribution in [0.4, 0.5) is 5.69 Å². The molecule has 0 aliphatic carbocycles. The van der Waals surface area contributed by atoms with E-state index in [0.717, 1.165) is 17.0 Å². The second-order valence-corrected chi connectivity index (χ2v) is 6.52. The highest BCUT2D eigenvalue weighted by Gasteiger charge is 2.07. The van der Waals surface area contributed by atoms with Crippen molar-refractivity contribution in [1.82, 2.24) is 0 Å². The molecule has 1 N–H and O–H groups in total. The summed E-state index contributed by atoms with van der Waals surface area (Å²) in [4.78, 5) is 0.313. The van der Waals surface area contributed by atoms with Crippen molar-refractivity contribution >= 4 is 15.5 Å². The molecule has 0 fully saturated rings. The Morgan fingerprint density at radius 2 is 1.85 bits per heavy atom. The van der Waals surface area contributed by atoms with Gasteiger partial charge >= 0.3 is 0 Å². The van der Waals surface area contributed by atoms with Crippen LogP contribution in [-0.4, -0.2) is 21.8 Å². The average Bonchev–Trinajstić information content (AvgIpc) is 2.45. The fourth-order valence-electron chi connectivity index (χ4n) is 1.82. The average molecular weight is 291 g/mol. The molecule has 0 atom stereocenters. The molecule has 0 spiro atoms. The van der Waals surface area contributed by atoms with E-state index in [1.807, 2.05) is 30.3 Å². The highest BCUT2D eigenvalue weighted by molar-refractivity contribution is 7.90. The summed E-state index contributed by atoms with van der Waals surface area (Å²) in [7, 11) is -1.55. The summed E-state index contributed by atoms with van der Waals surface area (Å²) in [6.07, 6.45) is 1.20. The minimum absolute atomic E-state index is 0.313. The van der Waals surface area contributed by atoms with Gasteiger partial charge in [-0.05, 0) is 35.9 Å². The quantitative estimate of drug-likeness (QED) is 0.920. The van der Waals surface area contributed by atoms with Gasteiger partial charge in [0.2, 0.25) is 0 Å². The number of hydrogen-bond acceptors (Lipinski definition) is 4. The molecule has 0 amide bonds. The van der Waals surface area contributed by atoms with E-state index in [-0.39, 0.29) is 0 Å². The smallest absolute Gasteiger partial charge is 0.175 e. The van der Waals surface area contributed by atoms with Crippen LogP contribution in [0.1, 0.15) is 5.56 Å². The zero-order valence-corrected chi connectivity index (χ0v) is 12.3. The van der Waals surface area contributed by atoms with Crippen molar-refractivity contribution in [2.24, 2.45) is 0 Å². The van der Waals surface area contributed by atoms with Gasteiger partial charge in [-0.3, -0.25) is 0 Å². The van der Waals surface area contributed by atoms with Gasteiger partial charge in [0.15, 0.2) is 9.84 Å². The van der Waals surface area contributed by atoms with E-state index in [9.17, 15) is 8.42 Å². The predicted octanol–water partition coefficient (Wildman–Crippen LogP) is 2.71. The lowest BCUT2D eigenvalue weighted by atomic mass is 10.2. The van der Waals surface area contributed by atoms with Crippen LogP contribution in [0.5, 0.6) is 5.75 Å². The highest BCUT2D eigenvalue weighted by atomic mass is 32.2. The zero-order chi connectivity index (χ0) is 14.6. The Morgan fingerprint density at radius 1 is 1.10 bits per heavy atom. The fourth-order valence-corrected chi connectivity index (χ4v) is 2.49. The molecular formula is C15H17NO3S. The molecule has 0 heterocycles. The lowest BCUT2D eigenvalue weighted by molar-refractivity contribution is 0.414. The molecule has 0 aromatic heterocycles. The van der Waals surface area contributed by atoms with E-state index in [2.05, 4.69) is 5.32 Å². The summed E-state index contributed by atoms with van der Waals surface area (Å²) in [5, 5.41) is 3.20. The Hall–Kier alpha value is -2.01. The summed E-state index contributed by atoms with van der Waals surface area (Å²) in [5.74, 6) is 0.800. The first-order chi connectivity index (χ1) is 9.49. The van der Waals surface area contributed by atoms with Gasteiger partial charge in [-0.1, -0.05) is 18.2 Å². The predicted molar refractivity (Wildman–Crippen MR) is 79.9 cm³/mol. The topological polar surface area (TPSA) is 55.4 Å². The van der Waals surface area contributed by atoms with Gasteiger partial charge in [0.1, 0.15) is 5.75 Å². The van der Waals surface area contributed by atoms with E-state index in [4.69, 9.17) is 4.74 Å². The zero-order valence-electron chi connectivity index (χ0n) is 11.5. The molecule has 5 heteroatoms. The first kappa shape index (κ1) is 14.4. The highest BCUT2D eigenvalue weighted by Crippen LogP contribution is 2.17. The van der Waals surface area contributed by atoms with Crippen molar-refractivity contribution in [1.29, 1.82) is 0 Å². The normalized spacial score (nSPS) is 11.1. The molecule has 0 aliphatic heterocycles. The van der Waals surface area contributed by atoms with E-state index in [1.165, 1.54) is 6.26 Å². The van der Waals surface area contributed by atoms with Gasteiger partial charge in [-0.25, -0.2) is 8.42 Å². The molecule has 0 aliphatic rings. The van der Waals surface area contributed by atoms with Crippen molar-refractivity contribution in [2.75, 3.05) is 18.7 Å². The van der Waals surface area contributed by atoms with Crippen LogP contribution in [0.25, 0.3) is 0 Å².